The Bertz CT molecular complexity index is 2080. The van der Waals surface area contributed by atoms with Gasteiger partial charge in [-0.2, -0.15) is 0 Å². The van der Waals surface area contributed by atoms with Crippen LogP contribution in [0.3, 0.4) is 0 Å². The summed E-state index contributed by atoms with van der Waals surface area (Å²) >= 11 is 0. The van der Waals surface area contributed by atoms with E-state index in [0.717, 1.165) is 35.3 Å². The second-order valence-corrected chi connectivity index (χ2v) is 12.7. The van der Waals surface area contributed by atoms with E-state index in [1.54, 1.807) is 0 Å². The van der Waals surface area contributed by atoms with E-state index in [0.29, 0.717) is 11.8 Å². The maximum absolute atomic E-state index is 6.15. The van der Waals surface area contributed by atoms with E-state index in [-0.39, 0.29) is 5.41 Å². The number of anilines is 2. The maximum Gasteiger partial charge on any atom is 0.248 e. The minimum absolute atomic E-state index is 0.0921. The Kier molecular flexibility index (Phi) is 6.12. The number of para-hydroxylation sites is 1. The quantitative estimate of drug-likeness (QED) is 0.206. The largest absolute Gasteiger partial charge is 0.416 e. The highest BCUT2D eigenvalue weighted by molar-refractivity contribution is 6.06. The van der Waals surface area contributed by atoms with Crippen LogP contribution in [0.1, 0.15) is 49.4 Å². The summed E-state index contributed by atoms with van der Waals surface area (Å²) in [6.45, 7) is 6.63. The van der Waals surface area contributed by atoms with Gasteiger partial charge in [0.1, 0.15) is 0 Å². The molecule has 0 N–H and O–H groups in total. The van der Waals surface area contributed by atoms with Gasteiger partial charge >= 0.3 is 0 Å². The summed E-state index contributed by atoms with van der Waals surface area (Å²) < 4.78 is 6.15. The zero-order valence-electron chi connectivity index (χ0n) is 25.2. The summed E-state index contributed by atoms with van der Waals surface area (Å²) in [6.07, 6.45) is 6.70. The summed E-state index contributed by atoms with van der Waals surface area (Å²) in [5.41, 5.74) is 12.1. The summed E-state index contributed by atoms with van der Waals surface area (Å²) in [4.78, 5) is 2.37. The number of nitrogens with zero attached hydrogens (tertiary/aromatic N) is 3. The van der Waals surface area contributed by atoms with Gasteiger partial charge in [0.15, 0.2) is 0 Å². The molecule has 8 rings (SSSR count). The number of aromatic nitrogens is 2. The molecular weight excluding hydrogens is 538 g/mol. The molecule has 0 radical (unpaired) electrons. The molecule has 0 saturated heterocycles. The van der Waals surface area contributed by atoms with Crippen LogP contribution >= 0.6 is 0 Å². The van der Waals surface area contributed by atoms with Gasteiger partial charge in [-0.05, 0) is 99.8 Å². The fraction of sp³-hybridized carbons (Fsp3) is 0.150. The number of benzene rings is 5. The third-order valence-corrected chi connectivity index (χ3v) is 8.86. The zero-order valence-corrected chi connectivity index (χ0v) is 25.2. The number of hydrogen-bond acceptors (Lipinski definition) is 4. The molecule has 44 heavy (non-hydrogen) atoms. The van der Waals surface area contributed by atoms with Crippen molar-refractivity contribution in [3.8, 4) is 22.9 Å². The Morgan fingerprint density at radius 2 is 1.32 bits per heavy atom. The van der Waals surface area contributed by atoms with Gasteiger partial charge < -0.3 is 9.32 Å². The molecule has 0 saturated carbocycles. The van der Waals surface area contributed by atoms with Crippen LogP contribution < -0.4 is 4.90 Å². The van der Waals surface area contributed by atoms with Crippen molar-refractivity contribution >= 4 is 33.4 Å². The first kappa shape index (κ1) is 26.4. The first-order valence-corrected chi connectivity index (χ1v) is 15.3. The minimum atomic E-state index is 0.0921. The third-order valence-electron chi connectivity index (χ3n) is 8.86. The van der Waals surface area contributed by atoms with Crippen LogP contribution in [-0.4, -0.2) is 10.2 Å². The van der Waals surface area contributed by atoms with Crippen LogP contribution in [0.5, 0.6) is 0 Å². The molecule has 0 spiro atoms. The summed E-state index contributed by atoms with van der Waals surface area (Å²) in [6, 6.07) is 38.7. The predicted molar refractivity (Wildman–Crippen MR) is 181 cm³/mol. The molecular formula is C40H33N3O. The normalized spacial score (nSPS) is 13.9. The molecule has 4 nitrogen and oxygen atoms in total. The molecule has 0 amide bonds. The van der Waals surface area contributed by atoms with E-state index in [1.165, 1.54) is 44.3 Å². The van der Waals surface area contributed by atoms with E-state index in [9.17, 15) is 0 Å². The van der Waals surface area contributed by atoms with Crippen molar-refractivity contribution in [2.45, 2.75) is 39.0 Å². The van der Waals surface area contributed by atoms with Crippen LogP contribution in [0.2, 0.25) is 0 Å². The number of rotatable bonds is 5. The molecule has 0 fully saturated rings. The van der Waals surface area contributed by atoms with E-state index >= 15 is 0 Å². The van der Waals surface area contributed by atoms with E-state index in [1.807, 2.05) is 0 Å². The molecule has 0 bridgehead atoms. The molecule has 1 heterocycles. The highest BCUT2D eigenvalue weighted by Gasteiger charge is 2.27. The first-order valence-electron chi connectivity index (χ1n) is 15.3. The Labute approximate surface area is 258 Å². The zero-order chi connectivity index (χ0) is 29.8. The summed E-state index contributed by atoms with van der Waals surface area (Å²) in [5.74, 6) is 1.03. The van der Waals surface area contributed by atoms with Gasteiger partial charge in [-0.25, -0.2) is 0 Å². The molecule has 2 aliphatic rings. The Morgan fingerprint density at radius 1 is 0.636 bits per heavy atom. The van der Waals surface area contributed by atoms with Crippen molar-refractivity contribution < 1.29 is 4.42 Å². The van der Waals surface area contributed by atoms with Crippen molar-refractivity contribution in [2.24, 2.45) is 0 Å². The van der Waals surface area contributed by atoms with E-state index in [2.05, 4.69) is 157 Å². The van der Waals surface area contributed by atoms with Crippen LogP contribution in [-0.2, 0) is 11.8 Å². The average molecular weight is 572 g/mol. The SMILES string of the molecule is CC(C)(C)c1ccc(-c2nnc(-c3ccc(N(C4=CCC5=CCc6cccc7ccc4c5c67)c4ccccc4)cc3)o2)cc1. The molecule has 6 aromatic rings. The lowest BCUT2D eigenvalue weighted by molar-refractivity contribution is 0.582. The predicted octanol–water partition coefficient (Wildman–Crippen LogP) is 10.4. The molecule has 0 atom stereocenters. The van der Waals surface area contributed by atoms with Crippen LogP contribution in [0.15, 0.2) is 126 Å². The second-order valence-electron chi connectivity index (χ2n) is 12.7. The van der Waals surface area contributed by atoms with Gasteiger partial charge in [0.25, 0.3) is 0 Å². The Balaban J connectivity index is 1.16. The average Bonchev–Trinajstić information content (AvgIpc) is 3.55. The standard InChI is InChI=1S/C40H33N3O/c1-40(2,3)31-20-14-29(15-21-31)38-41-42-39(44-38)30-16-22-33(23-17-30)43(32-10-5-4-6-11-32)35-25-19-28-13-12-26-8-7-9-27-18-24-34(35)37(28)36(26)27/h4-11,13-18,20-25H,12,19H2,1-3H3. The monoisotopic (exact) mass is 571 g/mol. The number of allylic oxidation sites excluding steroid dienone is 3. The van der Waals surface area contributed by atoms with Crippen molar-refractivity contribution in [3.05, 3.63) is 144 Å². The first-order chi connectivity index (χ1) is 21.4. The fourth-order valence-corrected chi connectivity index (χ4v) is 6.55. The van der Waals surface area contributed by atoms with Gasteiger partial charge in [-0.15, -0.1) is 10.2 Å². The maximum atomic E-state index is 6.15. The molecule has 5 aromatic carbocycles. The third kappa shape index (κ3) is 4.46. The lowest BCUT2D eigenvalue weighted by Gasteiger charge is -2.34. The van der Waals surface area contributed by atoms with Crippen molar-refractivity contribution in [1.29, 1.82) is 0 Å². The molecule has 0 aliphatic heterocycles. The fourth-order valence-electron chi connectivity index (χ4n) is 6.55. The molecule has 214 valence electrons. The highest BCUT2D eigenvalue weighted by atomic mass is 16.4. The highest BCUT2D eigenvalue weighted by Crippen LogP contribution is 2.46. The molecule has 2 aliphatic carbocycles. The molecule has 4 heteroatoms. The number of hydrogen-bond donors (Lipinski definition) is 0. The van der Waals surface area contributed by atoms with Gasteiger partial charge in [-0.1, -0.05) is 93.6 Å². The Morgan fingerprint density at radius 3 is 2.02 bits per heavy atom. The molecule has 1 aromatic heterocycles. The lowest BCUT2D eigenvalue weighted by atomic mass is 9.80. The van der Waals surface area contributed by atoms with Crippen molar-refractivity contribution in [2.75, 3.05) is 4.90 Å². The minimum Gasteiger partial charge on any atom is -0.416 e. The van der Waals surface area contributed by atoms with Crippen LogP contribution in [0.4, 0.5) is 11.4 Å². The smallest absolute Gasteiger partial charge is 0.248 e. The molecule has 0 unspecified atom stereocenters. The topological polar surface area (TPSA) is 42.2 Å². The second kappa shape index (κ2) is 10.2. The van der Waals surface area contributed by atoms with Gasteiger partial charge in [-0.3, -0.25) is 0 Å². The van der Waals surface area contributed by atoms with E-state index < -0.39 is 0 Å². The van der Waals surface area contributed by atoms with Gasteiger partial charge in [0, 0.05) is 28.1 Å². The summed E-state index contributed by atoms with van der Waals surface area (Å²) in [5, 5.41) is 11.5. The van der Waals surface area contributed by atoms with Crippen LogP contribution in [0, 0.1) is 0 Å². The van der Waals surface area contributed by atoms with Crippen molar-refractivity contribution in [3.63, 3.8) is 0 Å². The summed E-state index contributed by atoms with van der Waals surface area (Å²) in [7, 11) is 0. The lowest BCUT2D eigenvalue weighted by Crippen LogP contribution is -2.19. The Hall–Kier alpha value is -5.22. The van der Waals surface area contributed by atoms with E-state index in [4.69, 9.17) is 4.42 Å². The van der Waals surface area contributed by atoms with Crippen LogP contribution in [0.25, 0.3) is 45.0 Å². The van der Waals surface area contributed by atoms with Gasteiger partial charge in [0.2, 0.25) is 11.8 Å². The van der Waals surface area contributed by atoms with Crippen molar-refractivity contribution in [1.82, 2.24) is 10.2 Å². The van der Waals surface area contributed by atoms with Gasteiger partial charge in [0.05, 0.1) is 5.70 Å².